The molecular formula is C31H39ClN10O4. The van der Waals surface area contributed by atoms with Crippen molar-refractivity contribution < 1.29 is 19.0 Å². The molecule has 1 N–H and O–H groups in total. The number of nitrogens with one attached hydrogen (secondary N) is 1. The van der Waals surface area contributed by atoms with Crippen molar-refractivity contribution in [3.63, 3.8) is 0 Å². The molecule has 1 amide bonds. The third-order valence-corrected chi connectivity index (χ3v) is 8.10. The summed E-state index contributed by atoms with van der Waals surface area (Å²) in [4.78, 5) is 23.3. The van der Waals surface area contributed by atoms with Gasteiger partial charge in [-0.3, -0.25) is 4.68 Å². The van der Waals surface area contributed by atoms with Gasteiger partial charge in [0.1, 0.15) is 29.5 Å². The highest BCUT2D eigenvalue weighted by Gasteiger charge is 2.55. The predicted octanol–water partition coefficient (Wildman–Crippen LogP) is 5.55. The number of anilines is 2. The SMILES string of the molecule is CC(C)Oc1nn(C2CC3(C2)CN(C(=O)OC(C)(C)C)C3)cc1Nc1ncc(-c2ccc(Cl)c(O[C@@H](C)Cn3cnnn3)c2)cn1. The molecule has 4 heterocycles. The number of hydrogen-bond donors (Lipinski definition) is 1. The van der Waals surface area contributed by atoms with Gasteiger partial charge in [-0.1, -0.05) is 17.7 Å². The van der Waals surface area contributed by atoms with Crippen LogP contribution in [0.3, 0.4) is 0 Å². The lowest BCUT2D eigenvalue weighted by Crippen LogP contribution is -2.64. The Morgan fingerprint density at radius 1 is 1.11 bits per heavy atom. The fraction of sp³-hybridized carbons (Fsp3) is 0.516. The Morgan fingerprint density at radius 3 is 2.50 bits per heavy atom. The summed E-state index contributed by atoms with van der Waals surface area (Å²) in [5, 5.41) is 19.7. The highest BCUT2D eigenvalue weighted by Crippen LogP contribution is 2.54. The Hall–Kier alpha value is -4.46. The molecule has 46 heavy (non-hydrogen) atoms. The van der Waals surface area contributed by atoms with Gasteiger partial charge in [-0.25, -0.2) is 19.4 Å². The van der Waals surface area contributed by atoms with Crippen molar-refractivity contribution in [2.24, 2.45) is 5.41 Å². The van der Waals surface area contributed by atoms with Crippen LogP contribution in [0.1, 0.15) is 60.4 Å². The van der Waals surface area contributed by atoms with E-state index < -0.39 is 5.60 Å². The molecule has 15 heteroatoms. The van der Waals surface area contributed by atoms with E-state index in [1.807, 2.05) is 64.6 Å². The van der Waals surface area contributed by atoms with E-state index in [9.17, 15) is 4.79 Å². The second kappa shape index (κ2) is 12.4. The summed E-state index contributed by atoms with van der Waals surface area (Å²) in [5.41, 5.74) is 1.97. The standard InChI is InChI=1S/C31H39ClN10O4/c1-19(2)44-27-25(15-42(37-27)23-10-31(11-23)16-40(17-31)29(43)46-30(4,5)6)36-28-33-12-22(13-34-28)21-7-8-24(32)26(9-21)45-20(3)14-41-18-35-38-39-41/h7-9,12-13,15,18-20,23H,10-11,14,16-17H2,1-6H3,(H,33,34,36)/t20-/m0/s1. The van der Waals surface area contributed by atoms with E-state index in [2.05, 4.69) is 30.8 Å². The molecule has 14 nitrogen and oxygen atoms in total. The van der Waals surface area contributed by atoms with Gasteiger partial charge in [0.2, 0.25) is 5.95 Å². The maximum atomic E-state index is 12.4. The molecule has 244 valence electrons. The number of rotatable bonds is 10. The van der Waals surface area contributed by atoms with Gasteiger partial charge in [-0.2, -0.15) is 0 Å². The summed E-state index contributed by atoms with van der Waals surface area (Å²) < 4.78 is 21.2. The normalized spacial score (nSPS) is 16.6. The number of tetrazole rings is 1. The highest BCUT2D eigenvalue weighted by atomic mass is 35.5. The fourth-order valence-electron chi connectivity index (χ4n) is 5.78. The first-order valence-corrected chi connectivity index (χ1v) is 15.7. The quantitative estimate of drug-likeness (QED) is 0.230. The third-order valence-electron chi connectivity index (χ3n) is 7.79. The van der Waals surface area contributed by atoms with Gasteiger partial charge >= 0.3 is 6.09 Å². The first kappa shape index (κ1) is 31.5. The van der Waals surface area contributed by atoms with Crippen LogP contribution in [0.15, 0.2) is 43.1 Å². The lowest BCUT2D eigenvalue weighted by Gasteiger charge is -2.58. The van der Waals surface area contributed by atoms with E-state index in [1.54, 1.807) is 28.0 Å². The van der Waals surface area contributed by atoms with Crippen molar-refractivity contribution in [1.82, 2.24) is 44.9 Å². The summed E-state index contributed by atoms with van der Waals surface area (Å²) in [5.74, 6) is 1.44. The van der Waals surface area contributed by atoms with Crippen LogP contribution in [-0.2, 0) is 11.3 Å². The first-order valence-electron chi connectivity index (χ1n) is 15.3. The molecule has 1 aromatic carbocycles. The molecule has 2 fully saturated rings. The fourth-order valence-corrected chi connectivity index (χ4v) is 5.94. The van der Waals surface area contributed by atoms with Crippen LogP contribution in [-0.4, -0.2) is 81.8 Å². The van der Waals surface area contributed by atoms with E-state index in [4.69, 9.17) is 30.9 Å². The molecule has 0 radical (unpaired) electrons. The van der Waals surface area contributed by atoms with Gasteiger partial charge in [-0.05, 0) is 82.5 Å². The number of nitrogens with zero attached hydrogens (tertiary/aromatic N) is 9. The maximum Gasteiger partial charge on any atom is 0.410 e. The summed E-state index contributed by atoms with van der Waals surface area (Å²) >= 11 is 6.43. The van der Waals surface area contributed by atoms with Crippen molar-refractivity contribution in [2.45, 2.75) is 84.8 Å². The monoisotopic (exact) mass is 650 g/mol. The number of halogens is 1. The Kier molecular flexibility index (Phi) is 8.49. The van der Waals surface area contributed by atoms with Crippen LogP contribution in [0.2, 0.25) is 5.02 Å². The van der Waals surface area contributed by atoms with Crippen LogP contribution >= 0.6 is 11.6 Å². The minimum absolute atomic E-state index is 0.0640. The summed E-state index contributed by atoms with van der Waals surface area (Å²) in [6.07, 6.45) is 8.30. The van der Waals surface area contributed by atoms with E-state index in [0.717, 1.165) is 24.0 Å². The van der Waals surface area contributed by atoms with Crippen molar-refractivity contribution in [2.75, 3.05) is 18.4 Å². The number of ether oxygens (including phenoxy) is 3. The number of carbonyl (C=O) groups is 1. The summed E-state index contributed by atoms with van der Waals surface area (Å²) in [6.45, 7) is 13.4. The molecule has 1 aliphatic heterocycles. The van der Waals surface area contributed by atoms with E-state index >= 15 is 0 Å². The van der Waals surface area contributed by atoms with Gasteiger partial charge in [0.15, 0.2) is 0 Å². The molecule has 1 saturated heterocycles. The van der Waals surface area contributed by atoms with Crippen molar-refractivity contribution in [3.8, 4) is 22.8 Å². The van der Waals surface area contributed by atoms with E-state index in [1.165, 1.54) is 6.33 Å². The van der Waals surface area contributed by atoms with Gasteiger partial charge < -0.3 is 24.4 Å². The van der Waals surface area contributed by atoms with Crippen LogP contribution in [0.25, 0.3) is 11.1 Å². The smallest absolute Gasteiger partial charge is 0.410 e. The minimum Gasteiger partial charge on any atom is -0.487 e. The van der Waals surface area contributed by atoms with Crippen LogP contribution in [0.4, 0.5) is 16.4 Å². The minimum atomic E-state index is -0.497. The number of carbonyl (C=O) groups excluding carboxylic acids is 1. The lowest BCUT2D eigenvalue weighted by molar-refractivity contribution is -0.0929. The zero-order chi connectivity index (χ0) is 32.6. The number of aromatic nitrogens is 8. The molecule has 3 aromatic heterocycles. The Balaban J connectivity index is 1.09. The Bertz CT molecular complexity index is 1660. The van der Waals surface area contributed by atoms with E-state index in [0.29, 0.717) is 47.9 Å². The highest BCUT2D eigenvalue weighted by molar-refractivity contribution is 6.32. The Morgan fingerprint density at radius 2 is 1.85 bits per heavy atom. The van der Waals surface area contributed by atoms with Crippen molar-refractivity contribution in [1.29, 1.82) is 0 Å². The number of likely N-dealkylation sites (tertiary alicyclic amines) is 1. The maximum absolute atomic E-state index is 12.4. The molecule has 4 aromatic rings. The zero-order valence-corrected chi connectivity index (χ0v) is 27.6. The van der Waals surface area contributed by atoms with Gasteiger partial charge in [-0.15, -0.1) is 10.2 Å². The predicted molar refractivity (Wildman–Crippen MR) is 170 cm³/mol. The van der Waals surface area contributed by atoms with Crippen LogP contribution in [0.5, 0.6) is 11.6 Å². The van der Waals surface area contributed by atoms with Gasteiger partial charge in [0.05, 0.1) is 29.9 Å². The van der Waals surface area contributed by atoms with Gasteiger partial charge in [0.25, 0.3) is 5.88 Å². The summed E-state index contributed by atoms with van der Waals surface area (Å²) in [7, 11) is 0. The number of hydrogen-bond acceptors (Lipinski definition) is 11. The molecule has 1 saturated carbocycles. The second-order valence-electron chi connectivity index (χ2n) is 13.4. The molecule has 6 rings (SSSR count). The third kappa shape index (κ3) is 7.16. The molecule has 2 aliphatic rings. The lowest BCUT2D eigenvalue weighted by atomic mass is 9.61. The molecule has 0 bridgehead atoms. The van der Waals surface area contributed by atoms with Gasteiger partial charge in [0, 0.05) is 36.5 Å². The number of amides is 1. The Labute approximate surface area is 272 Å². The van der Waals surface area contributed by atoms with Crippen LogP contribution in [0, 0.1) is 5.41 Å². The van der Waals surface area contributed by atoms with Crippen molar-refractivity contribution >= 4 is 29.3 Å². The first-order chi connectivity index (χ1) is 21.8. The number of benzene rings is 1. The average molecular weight is 651 g/mol. The zero-order valence-electron chi connectivity index (χ0n) is 26.8. The van der Waals surface area contributed by atoms with Crippen molar-refractivity contribution in [3.05, 3.63) is 48.1 Å². The molecular weight excluding hydrogens is 612 g/mol. The molecule has 1 atom stereocenters. The second-order valence-corrected chi connectivity index (χ2v) is 13.8. The van der Waals surface area contributed by atoms with E-state index in [-0.39, 0.29) is 29.8 Å². The molecule has 0 unspecified atom stereocenters. The van der Waals surface area contributed by atoms with Crippen LogP contribution < -0.4 is 14.8 Å². The average Bonchev–Trinajstić information content (AvgIpc) is 3.57. The largest absolute Gasteiger partial charge is 0.487 e. The summed E-state index contributed by atoms with van der Waals surface area (Å²) in [6, 6.07) is 5.76. The molecule has 1 spiro atoms. The topological polar surface area (TPSA) is 147 Å². The molecule has 1 aliphatic carbocycles.